The van der Waals surface area contributed by atoms with E-state index in [1.165, 1.54) is 25.3 Å². The van der Waals surface area contributed by atoms with Gasteiger partial charge in [0, 0.05) is 6.07 Å². The van der Waals surface area contributed by atoms with E-state index in [4.69, 9.17) is 9.47 Å². The Morgan fingerprint density at radius 2 is 1.84 bits per heavy atom. The van der Waals surface area contributed by atoms with Gasteiger partial charge < -0.3 is 9.47 Å². The second kappa shape index (κ2) is 5.86. The molecule has 2 rings (SSSR count). The average Bonchev–Trinajstić information content (AvgIpc) is 2.42. The molecule has 5 heteroatoms. The number of carbonyl (C=O) groups is 1. The first-order valence-electron chi connectivity index (χ1n) is 5.56. The number of halogens is 1. The number of anilines is 1. The molecule has 0 aliphatic rings. The second-order valence-electron chi connectivity index (χ2n) is 3.67. The molecule has 0 fully saturated rings. The lowest BCUT2D eigenvalue weighted by molar-refractivity contribution is 0.215. The highest BCUT2D eigenvalue weighted by atomic mass is 19.1. The molecule has 0 aromatic heterocycles. The molecule has 19 heavy (non-hydrogen) atoms. The largest absolute Gasteiger partial charge is 0.497 e. The molecule has 4 nitrogen and oxygen atoms in total. The number of ether oxygens (including phenoxy) is 2. The average molecular weight is 261 g/mol. The number of para-hydroxylation sites is 1. The minimum atomic E-state index is -0.765. The third-order valence-corrected chi connectivity index (χ3v) is 2.36. The van der Waals surface area contributed by atoms with Crippen molar-refractivity contribution < 1.29 is 18.7 Å². The van der Waals surface area contributed by atoms with Gasteiger partial charge in [-0.05, 0) is 24.3 Å². The van der Waals surface area contributed by atoms with Gasteiger partial charge in [0.15, 0.2) is 0 Å². The molecule has 0 saturated heterocycles. The number of hydrogen-bond donors (Lipinski definition) is 1. The minimum absolute atomic E-state index is 0.000260. The zero-order valence-corrected chi connectivity index (χ0v) is 10.2. The van der Waals surface area contributed by atoms with Gasteiger partial charge in [0.2, 0.25) is 0 Å². The van der Waals surface area contributed by atoms with Crippen LogP contribution in [0.1, 0.15) is 0 Å². The second-order valence-corrected chi connectivity index (χ2v) is 3.67. The number of hydrogen-bond acceptors (Lipinski definition) is 3. The van der Waals surface area contributed by atoms with E-state index in [2.05, 4.69) is 5.32 Å². The molecule has 0 bridgehead atoms. The third kappa shape index (κ3) is 3.45. The zero-order chi connectivity index (χ0) is 13.7. The molecular weight excluding hydrogens is 249 g/mol. The first-order chi connectivity index (χ1) is 9.19. The van der Waals surface area contributed by atoms with Crippen LogP contribution in [-0.2, 0) is 0 Å². The maximum atomic E-state index is 13.5. The number of nitrogens with one attached hydrogen (secondary N) is 1. The maximum absolute atomic E-state index is 13.5. The molecule has 0 radical (unpaired) electrons. The molecule has 0 spiro atoms. The van der Waals surface area contributed by atoms with Crippen molar-refractivity contribution in [1.29, 1.82) is 0 Å². The van der Waals surface area contributed by atoms with Gasteiger partial charge in [0.1, 0.15) is 17.3 Å². The fourth-order valence-corrected chi connectivity index (χ4v) is 1.46. The van der Waals surface area contributed by atoms with Crippen LogP contribution in [0.2, 0.25) is 0 Å². The molecule has 2 aromatic carbocycles. The zero-order valence-electron chi connectivity index (χ0n) is 10.2. The molecular formula is C14H12FNO3. The summed E-state index contributed by atoms with van der Waals surface area (Å²) in [6.07, 6.45) is -0.765. The topological polar surface area (TPSA) is 47.6 Å². The SMILES string of the molecule is COc1ccc(F)c(NC(=O)Oc2ccccc2)c1. The Morgan fingerprint density at radius 1 is 1.11 bits per heavy atom. The van der Waals surface area contributed by atoms with Crippen molar-refractivity contribution in [2.45, 2.75) is 0 Å². The normalized spacial score (nSPS) is 9.79. The van der Waals surface area contributed by atoms with Crippen LogP contribution >= 0.6 is 0 Å². The highest BCUT2D eigenvalue weighted by molar-refractivity contribution is 5.86. The Hall–Kier alpha value is -2.56. The lowest BCUT2D eigenvalue weighted by Gasteiger charge is -2.08. The van der Waals surface area contributed by atoms with Crippen LogP contribution in [0.4, 0.5) is 14.9 Å². The van der Waals surface area contributed by atoms with Gasteiger partial charge in [0.25, 0.3) is 0 Å². The minimum Gasteiger partial charge on any atom is -0.497 e. The molecule has 2 aromatic rings. The maximum Gasteiger partial charge on any atom is 0.417 e. The van der Waals surface area contributed by atoms with Gasteiger partial charge >= 0.3 is 6.09 Å². The summed E-state index contributed by atoms with van der Waals surface area (Å²) >= 11 is 0. The Morgan fingerprint density at radius 3 is 2.53 bits per heavy atom. The summed E-state index contributed by atoms with van der Waals surface area (Å²) in [6, 6.07) is 12.6. The molecule has 98 valence electrons. The van der Waals surface area contributed by atoms with Crippen molar-refractivity contribution in [2.24, 2.45) is 0 Å². The predicted molar refractivity (Wildman–Crippen MR) is 69.0 cm³/mol. The third-order valence-electron chi connectivity index (χ3n) is 2.36. The molecule has 1 amide bonds. The van der Waals surface area contributed by atoms with Crippen molar-refractivity contribution in [2.75, 3.05) is 12.4 Å². The van der Waals surface area contributed by atoms with E-state index in [1.54, 1.807) is 30.3 Å². The summed E-state index contributed by atoms with van der Waals surface area (Å²) in [5.41, 5.74) is 0.000260. The molecule has 0 aliphatic carbocycles. The summed E-state index contributed by atoms with van der Waals surface area (Å²) in [6.45, 7) is 0. The highest BCUT2D eigenvalue weighted by Crippen LogP contribution is 2.21. The Bertz CT molecular complexity index is 572. The first kappa shape index (κ1) is 12.9. The van der Waals surface area contributed by atoms with E-state index < -0.39 is 11.9 Å². The number of amides is 1. The Kier molecular flexibility index (Phi) is 3.97. The van der Waals surface area contributed by atoms with E-state index in [-0.39, 0.29) is 5.69 Å². The van der Waals surface area contributed by atoms with Gasteiger partial charge in [-0.3, -0.25) is 5.32 Å². The van der Waals surface area contributed by atoms with E-state index in [1.807, 2.05) is 0 Å². The number of carbonyl (C=O) groups excluding carboxylic acids is 1. The summed E-state index contributed by atoms with van der Waals surface area (Å²) < 4.78 is 23.4. The molecule has 0 atom stereocenters. The summed E-state index contributed by atoms with van der Waals surface area (Å²) in [7, 11) is 1.46. The summed E-state index contributed by atoms with van der Waals surface area (Å²) in [4.78, 5) is 11.6. The van der Waals surface area contributed by atoms with Gasteiger partial charge in [0.05, 0.1) is 12.8 Å². The van der Waals surface area contributed by atoms with Crippen LogP contribution in [0.15, 0.2) is 48.5 Å². The Labute approximate surface area is 109 Å². The predicted octanol–water partition coefficient (Wildman–Crippen LogP) is 3.45. The summed E-state index contributed by atoms with van der Waals surface area (Å²) in [5, 5.41) is 2.32. The lowest BCUT2D eigenvalue weighted by atomic mass is 10.3. The van der Waals surface area contributed by atoms with Crippen LogP contribution in [0.5, 0.6) is 11.5 Å². The summed E-state index contributed by atoms with van der Waals surface area (Å²) in [5.74, 6) is 0.255. The lowest BCUT2D eigenvalue weighted by Crippen LogP contribution is -2.17. The van der Waals surface area contributed by atoms with Crippen molar-refractivity contribution in [3.63, 3.8) is 0 Å². The van der Waals surface area contributed by atoms with Crippen LogP contribution in [-0.4, -0.2) is 13.2 Å². The fourth-order valence-electron chi connectivity index (χ4n) is 1.46. The van der Waals surface area contributed by atoms with Crippen molar-refractivity contribution in [1.82, 2.24) is 0 Å². The molecule has 0 unspecified atom stereocenters. The van der Waals surface area contributed by atoms with Gasteiger partial charge in [-0.2, -0.15) is 0 Å². The monoisotopic (exact) mass is 261 g/mol. The van der Waals surface area contributed by atoms with E-state index in [9.17, 15) is 9.18 Å². The fraction of sp³-hybridized carbons (Fsp3) is 0.0714. The van der Waals surface area contributed by atoms with Crippen LogP contribution < -0.4 is 14.8 Å². The number of benzene rings is 2. The van der Waals surface area contributed by atoms with Gasteiger partial charge in [-0.1, -0.05) is 18.2 Å². The smallest absolute Gasteiger partial charge is 0.417 e. The van der Waals surface area contributed by atoms with Gasteiger partial charge in [-0.25, -0.2) is 9.18 Å². The quantitative estimate of drug-likeness (QED) is 0.920. The van der Waals surface area contributed by atoms with Crippen molar-refractivity contribution in [3.8, 4) is 11.5 Å². The number of rotatable bonds is 3. The first-order valence-corrected chi connectivity index (χ1v) is 5.56. The van der Waals surface area contributed by atoms with Crippen molar-refractivity contribution >= 4 is 11.8 Å². The molecule has 0 aliphatic heterocycles. The standard InChI is InChI=1S/C14H12FNO3/c1-18-11-7-8-12(15)13(9-11)16-14(17)19-10-5-3-2-4-6-10/h2-9H,1H3,(H,16,17). The highest BCUT2D eigenvalue weighted by Gasteiger charge is 2.09. The van der Waals surface area contributed by atoms with Crippen molar-refractivity contribution in [3.05, 3.63) is 54.3 Å². The van der Waals surface area contributed by atoms with E-state index >= 15 is 0 Å². The van der Waals surface area contributed by atoms with E-state index in [0.29, 0.717) is 11.5 Å². The molecule has 0 saturated carbocycles. The molecule has 0 heterocycles. The molecule has 1 N–H and O–H groups in total. The Balaban J connectivity index is 2.06. The van der Waals surface area contributed by atoms with Crippen LogP contribution in [0.25, 0.3) is 0 Å². The van der Waals surface area contributed by atoms with Crippen LogP contribution in [0.3, 0.4) is 0 Å². The van der Waals surface area contributed by atoms with Crippen LogP contribution in [0, 0.1) is 5.82 Å². The number of methoxy groups -OCH3 is 1. The van der Waals surface area contributed by atoms with E-state index in [0.717, 1.165) is 0 Å². The van der Waals surface area contributed by atoms with Gasteiger partial charge in [-0.15, -0.1) is 0 Å².